The van der Waals surface area contributed by atoms with Gasteiger partial charge in [-0.15, -0.1) is 0 Å². The van der Waals surface area contributed by atoms with Crippen molar-refractivity contribution in [2.75, 3.05) is 7.11 Å². The van der Waals surface area contributed by atoms with E-state index in [0.29, 0.717) is 11.3 Å². The van der Waals surface area contributed by atoms with Gasteiger partial charge in [-0.2, -0.15) is 0 Å². The number of hydrogen-bond acceptors (Lipinski definition) is 5. The van der Waals surface area contributed by atoms with Gasteiger partial charge >= 0.3 is 5.97 Å². The molecule has 28 heavy (non-hydrogen) atoms. The molecule has 4 rings (SSSR count). The van der Waals surface area contributed by atoms with Crippen LogP contribution >= 0.6 is 0 Å². The van der Waals surface area contributed by atoms with Crippen molar-refractivity contribution in [3.05, 3.63) is 93.6 Å². The first-order valence-corrected chi connectivity index (χ1v) is 8.52. The number of nitrogens with zero attached hydrogens (tertiary/aromatic N) is 1. The summed E-state index contributed by atoms with van der Waals surface area (Å²) < 4.78 is 10.6. The van der Waals surface area contributed by atoms with E-state index in [1.54, 1.807) is 31.4 Å². The van der Waals surface area contributed by atoms with Crippen molar-refractivity contribution in [1.82, 2.24) is 0 Å². The molecule has 1 heterocycles. The number of nitro benzene ring substituents is 1. The molecule has 6 heteroatoms. The molecular weight excluding hydrogens is 358 g/mol. The Morgan fingerprint density at radius 2 is 1.79 bits per heavy atom. The number of carbonyl (C=O) groups is 1. The molecule has 3 aromatic rings. The Kier molecular flexibility index (Phi) is 4.37. The van der Waals surface area contributed by atoms with Crippen molar-refractivity contribution in [3.8, 4) is 5.75 Å². The molecule has 0 aromatic heterocycles. The molecule has 0 unspecified atom stereocenters. The smallest absolute Gasteiger partial charge is 0.343 e. The maximum Gasteiger partial charge on any atom is 0.343 e. The summed E-state index contributed by atoms with van der Waals surface area (Å²) in [5.41, 5.74) is 1.29. The minimum atomic E-state index is -0.539. The van der Waals surface area contributed by atoms with Gasteiger partial charge in [-0.05, 0) is 47.2 Å². The molecule has 3 aromatic carbocycles. The highest BCUT2D eigenvalue weighted by atomic mass is 16.6. The largest absolute Gasteiger partial charge is 0.497 e. The highest BCUT2D eigenvalue weighted by molar-refractivity contribution is 6.05. The second-order valence-electron chi connectivity index (χ2n) is 6.24. The zero-order valence-corrected chi connectivity index (χ0v) is 14.9. The van der Waals surface area contributed by atoms with Crippen LogP contribution in [-0.4, -0.2) is 18.0 Å². The number of fused-ring (bicyclic) bond motifs is 1. The lowest BCUT2D eigenvalue weighted by molar-refractivity contribution is -0.385. The first kappa shape index (κ1) is 17.5. The van der Waals surface area contributed by atoms with Crippen LogP contribution in [0.4, 0.5) is 5.69 Å². The van der Waals surface area contributed by atoms with Gasteiger partial charge in [0, 0.05) is 11.6 Å². The quantitative estimate of drug-likeness (QED) is 0.286. The van der Waals surface area contributed by atoms with Crippen LogP contribution in [0.25, 0.3) is 22.6 Å². The summed E-state index contributed by atoms with van der Waals surface area (Å²) in [5.74, 6) is 0.636. The zero-order chi connectivity index (χ0) is 19.7. The molecule has 0 atom stereocenters. The van der Waals surface area contributed by atoms with Crippen LogP contribution in [0.1, 0.15) is 11.1 Å². The molecule has 0 saturated carbocycles. The summed E-state index contributed by atoms with van der Waals surface area (Å²) in [6.07, 6.45) is 3.07. The number of ether oxygens (including phenoxy) is 2. The van der Waals surface area contributed by atoms with E-state index < -0.39 is 10.9 Å². The van der Waals surface area contributed by atoms with Gasteiger partial charge in [-0.1, -0.05) is 30.3 Å². The Morgan fingerprint density at radius 1 is 1.04 bits per heavy atom. The molecule has 0 radical (unpaired) electrons. The van der Waals surface area contributed by atoms with Gasteiger partial charge in [-0.3, -0.25) is 10.1 Å². The lowest BCUT2D eigenvalue weighted by Crippen LogP contribution is -1.98. The minimum Gasteiger partial charge on any atom is -0.497 e. The molecule has 0 fully saturated rings. The van der Waals surface area contributed by atoms with Gasteiger partial charge in [0.05, 0.1) is 23.2 Å². The minimum absolute atomic E-state index is 0.0655. The number of hydrogen-bond donors (Lipinski definition) is 0. The van der Waals surface area contributed by atoms with Crippen molar-refractivity contribution in [2.45, 2.75) is 0 Å². The topological polar surface area (TPSA) is 78.7 Å². The normalized spacial score (nSPS) is 14.8. The van der Waals surface area contributed by atoms with Crippen LogP contribution in [0, 0.1) is 10.1 Å². The fourth-order valence-corrected chi connectivity index (χ4v) is 3.08. The summed E-state index contributed by atoms with van der Waals surface area (Å²) in [6, 6.07) is 17.7. The summed E-state index contributed by atoms with van der Waals surface area (Å²) in [4.78, 5) is 23.0. The van der Waals surface area contributed by atoms with Gasteiger partial charge in [0.25, 0.3) is 5.69 Å². The van der Waals surface area contributed by atoms with Crippen LogP contribution in [0.5, 0.6) is 5.75 Å². The Balaban J connectivity index is 1.71. The predicted molar refractivity (Wildman–Crippen MR) is 106 cm³/mol. The van der Waals surface area contributed by atoms with Crippen molar-refractivity contribution in [1.29, 1.82) is 0 Å². The molecular formula is C22H15NO5. The van der Waals surface area contributed by atoms with Gasteiger partial charge in [0.1, 0.15) is 11.5 Å². The van der Waals surface area contributed by atoms with Crippen molar-refractivity contribution in [2.24, 2.45) is 0 Å². The van der Waals surface area contributed by atoms with Crippen LogP contribution in [0.2, 0.25) is 0 Å². The number of methoxy groups -OCH3 is 1. The molecule has 138 valence electrons. The standard InChI is InChI=1S/C22H15NO5/c1-27-19-9-8-14-10-17(7-6-15(14)12-19)21-13-18(22(24)28-21)11-16-4-2-3-5-20(16)23(25)26/h2-13H,1H3/b18-11-. The van der Waals surface area contributed by atoms with E-state index in [1.807, 2.05) is 36.4 Å². The maximum absolute atomic E-state index is 12.3. The molecule has 1 aliphatic heterocycles. The van der Waals surface area contributed by atoms with Gasteiger partial charge in [-0.25, -0.2) is 4.79 Å². The van der Waals surface area contributed by atoms with Crippen molar-refractivity contribution < 1.29 is 19.2 Å². The van der Waals surface area contributed by atoms with Crippen LogP contribution < -0.4 is 4.74 Å². The number of para-hydroxylation sites is 1. The molecule has 0 amide bonds. The van der Waals surface area contributed by atoms with Crippen LogP contribution in [-0.2, 0) is 9.53 Å². The number of cyclic esters (lactones) is 1. The number of rotatable bonds is 4. The van der Waals surface area contributed by atoms with Gasteiger partial charge < -0.3 is 9.47 Å². The number of carbonyl (C=O) groups excluding carboxylic acids is 1. The molecule has 6 nitrogen and oxygen atoms in total. The summed E-state index contributed by atoms with van der Waals surface area (Å²) in [5, 5.41) is 13.2. The number of benzene rings is 3. The molecule has 0 spiro atoms. The van der Waals surface area contributed by atoms with Gasteiger partial charge in [0.15, 0.2) is 0 Å². The summed E-state index contributed by atoms with van der Waals surface area (Å²) in [7, 11) is 1.61. The molecule has 0 saturated heterocycles. The Labute approximate surface area is 160 Å². The Bertz CT molecular complexity index is 1180. The molecule has 1 aliphatic rings. The predicted octanol–water partition coefficient (Wildman–Crippen LogP) is 4.74. The third kappa shape index (κ3) is 3.23. The van der Waals surface area contributed by atoms with Crippen LogP contribution in [0.3, 0.4) is 0 Å². The zero-order valence-electron chi connectivity index (χ0n) is 14.9. The van der Waals surface area contributed by atoms with Crippen LogP contribution in [0.15, 0.2) is 72.3 Å². The summed E-state index contributed by atoms with van der Waals surface area (Å²) >= 11 is 0. The van der Waals surface area contributed by atoms with E-state index in [0.717, 1.165) is 22.1 Å². The lowest BCUT2D eigenvalue weighted by atomic mass is 10.0. The van der Waals surface area contributed by atoms with E-state index in [1.165, 1.54) is 12.1 Å². The fourth-order valence-electron chi connectivity index (χ4n) is 3.08. The van der Waals surface area contributed by atoms with Gasteiger partial charge in [0.2, 0.25) is 0 Å². The summed E-state index contributed by atoms with van der Waals surface area (Å²) in [6.45, 7) is 0. The second-order valence-corrected chi connectivity index (χ2v) is 6.24. The first-order valence-electron chi connectivity index (χ1n) is 8.52. The third-order valence-electron chi connectivity index (χ3n) is 4.50. The van der Waals surface area contributed by atoms with E-state index in [2.05, 4.69) is 0 Å². The Hall–Kier alpha value is -3.93. The maximum atomic E-state index is 12.3. The van der Waals surface area contributed by atoms with E-state index in [4.69, 9.17) is 9.47 Å². The number of esters is 1. The highest BCUT2D eigenvalue weighted by Gasteiger charge is 2.23. The van der Waals surface area contributed by atoms with Crippen molar-refractivity contribution in [3.63, 3.8) is 0 Å². The number of nitro groups is 1. The highest BCUT2D eigenvalue weighted by Crippen LogP contribution is 2.31. The van der Waals surface area contributed by atoms with E-state index >= 15 is 0 Å². The lowest BCUT2D eigenvalue weighted by Gasteiger charge is -2.06. The van der Waals surface area contributed by atoms with E-state index in [9.17, 15) is 14.9 Å². The monoisotopic (exact) mass is 373 g/mol. The molecule has 0 N–H and O–H groups in total. The molecule has 0 bridgehead atoms. The average molecular weight is 373 g/mol. The first-order chi connectivity index (χ1) is 13.5. The molecule has 0 aliphatic carbocycles. The second kappa shape index (κ2) is 7.00. The fraction of sp³-hybridized carbons (Fsp3) is 0.0455. The Morgan fingerprint density at radius 3 is 2.57 bits per heavy atom. The SMILES string of the molecule is COc1ccc2cc(C3=C/C(=C/c4ccccc4[N+](=O)[O-])C(=O)O3)ccc2c1. The third-order valence-corrected chi connectivity index (χ3v) is 4.50. The van der Waals surface area contributed by atoms with E-state index in [-0.39, 0.29) is 11.3 Å². The van der Waals surface area contributed by atoms with Crippen molar-refractivity contribution >= 4 is 34.3 Å². The average Bonchev–Trinajstić information content (AvgIpc) is 3.07.